The molecule has 0 aliphatic heterocycles. The standard InChI is InChI=1S/C19H15F2NO2/c1-3-17-18(13-8-6-4-5-7-9-13)19(23)15(12-24-17)16(22-2)10-14(21)11-20/h3-4,6-9,11-12,16H,1-2,10H2/b14-11-. The van der Waals surface area contributed by atoms with Crippen LogP contribution in [0, 0.1) is 0 Å². The summed E-state index contributed by atoms with van der Waals surface area (Å²) < 4.78 is 31.0. The molecule has 1 aromatic rings. The van der Waals surface area contributed by atoms with Gasteiger partial charge in [-0.1, -0.05) is 18.7 Å². The molecule has 0 saturated carbocycles. The average Bonchev–Trinajstić information content (AvgIpc) is 2.88. The van der Waals surface area contributed by atoms with Gasteiger partial charge in [0.15, 0.2) is 5.43 Å². The number of allylic oxidation sites excluding steroid dienone is 5. The Morgan fingerprint density at radius 1 is 1.46 bits per heavy atom. The molecule has 1 aromatic heterocycles. The maximum atomic E-state index is 13.3. The number of aliphatic imine (C=N–C) groups is 1. The lowest BCUT2D eigenvalue weighted by molar-refractivity contribution is 0.492. The maximum absolute atomic E-state index is 13.3. The fraction of sp³-hybridized carbons (Fsp3) is 0.105. The van der Waals surface area contributed by atoms with Gasteiger partial charge in [0.05, 0.1) is 17.2 Å². The molecule has 24 heavy (non-hydrogen) atoms. The van der Waals surface area contributed by atoms with Crippen LogP contribution in [0.15, 0.2) is 75.3 Å². The number of hydrogen-bond acceptors (Lipinski definition) is 3. The van der Waals surface area contributed by atoms with E-state index in [0.29, 0.717) is 5.57 Å². The zero-order valence-corrected chi connectivity index (χ0v) is 12.8. The molecule has 0 aromatic carbocycles. The number of rotatable bonds is 6. The van der Waals surface area contributed by atoms with Crippen molar-refractivity contribution in [1.29, 1.82) is 0 Å². The van der Waals surface area contributed by atoms with Crippen molar-refractivity contribution in [3.8, 4) is 0 Å². The van der Waals surface area contributed by atoms with Gasteiger partial charge >= 0.3 is 0 Å². The molecular formula is C19H15F2NO2. The summed E-state index contributed by atoms with van der Waals surface area (Å²) in [5.74, 6) is -0.749. The van der Waals surface area contributed by atoms with Crippen LogP contribution in [0.25, 0.3) is 11.6 Å². The molecule has 122 valence electrons. The van der Waals surface area contributed by atoms with Crippen molar-refractivity contribution in [1.82, 2.24) is 0 Å². The molecule has 1 aliphatic rings. The van der Waals surface area contributed by atoms with Crippen molar-refractivity contribution >= 4 is 18.4 Å². The predicted molar refractivity (Wildman–Crippen MR) is 92.0 cm³/mol. The van der Waals surface area contributed by atoms with Gasteiger partial charge in [-0.05, 0) is 36.6 Å². The monoisotopic (exact) mass is 327 g/mol. The highest BCUT2D eigenvalue weighted by Crippen LogP contribution is 2.27. The van der Waals surface area contributed by atoms with Gasteiger partial charge in [-0.2, -0.15) is 0 Å². The van der Waals surface area contributed by atoms with Gasteiger partial charge in [-0.25, -0.2) is 8.78 Å². The Labute approximate surface area is 138 Å². The van der Waals surface area contributed by atoms with E-state index in [1.807, 2.05) is 0 Å². The minimum Gasteiger partial charge on any atom is -0.464 e. The van der Waals surface area contributed by atoms with E-state index < -0.39 is 23.7 Å². The lowest BCUT2D eigenvalue weighted by atomic mass is 9.97. The zero-order valence-electron chi connectivity index (χ0n) is 12.8. The number of nitrogens with zero attached hydrogens (tertiary/aromatic N) is 1. The largest absolute Gasteiger partial charge is 0.464 e. The van der Waals surface area contributed by atoms with Crippen LogP contribution in [0.3, 0.4) is 0 Å². The van der Waals surface area contributed by atoms with E-state index in [0.717, 1.165) is 0 Å². The number of hydrogen-bond donors (Lipinski definition) is 0. The summed E-state index contributed by atoms with van der Waals surface area (Å²) in [6, 6.07) is -0.949. The van der Waals surface area contributed by atoms with Crippen molar-refractivity contribution in [3.63, 3.8) is 0 Å². The van der Waals surface area contributed by atoms with Gasteiger partial charge in [0.1, 0.15) is 24.2 Å². The molecule has 2 rings (SSSR count). The summed E-state index contributed by atoms with van der Waals surface area (Å²) in [6.07, 6.45) is 10.5. The van der Waals surface area contributed by atoms with Gasteiger partial charge in [0.25, 0.3) is 0 Å². The van der Waals surface area contributed by atoms with Gasteiger partial charge in [-0.15, -0.1) is 5.73 Å². The van der Waals surface area contributed by atoms with Crippen LogP contribution in [-0.4, -0.2) is 6.72 Å². The SMILES string of the molecule is C=Cc1occ(C(C/C(F)=C/F)N=C)c(=O)c1C1=CC=C=CC=C1. The summed E-state index contributed by atoms with van der Waals surface area (Å²) >= 11 is 0. The second kappa shape index (κ2) is 7.99. The Bertz CT molecular complexity index is 866. The predicted octanol–water partition coefficient (Wildman–Crippen LogP) is 4.86. The van der Waals surface area contributed by atoms with Crippen molar-refractivity contribution in [3.05, 3.63) is 88.2 Å². The topological polar surface area (TPSA) is 42.6 Å². The first-order valence-electron chi connectivity index (χ1n) is 7.11. The molecule has 1 aliphatic carbocycles. The van der Waals surface area contributed by atoms with Crippen LogP contribution in [0.5, 0.6) is 0 Å². The Balaban J connectivity index is 2.61. The van der Waals surface area contributed by atoms with Crippen LogP contribution in [0.2, 0.25) is 0 Å². The van der Waals surface area contributed by atoms with Crippen LogP contribution in [-0.2, 0) is 0 Å². The van der Waals surface area contributed by atoms with Crippen molar-refractivity contribution < 1.29 is 13.2 Å². The Morgan fingerprint density at radius 2 is 2.25 bits per heavy atom. The van der Waals surface area contributed by atoms with E-state index in [1.54, 1.807) is 30.4 Å². The van der Waals surface area contributed by atoms with Crippen LogP contribution in [0.1, 0.15) is 29.3 Å². The second-order valence-corrected chi connectivity index (χ2v) is 4.90. The van der Waals surface area contributed by atoms with Crippen LogP contribution in [0.4, 0.5) is 8.78 Å². The van der Waals surface area contributed by atoms with Crippen molar-refractivity contribution in [2.75, 3.05) is 0 Å². The summed E-state index contributed by atoms with van der Waals surface area (Å²) in [7, 11) is 0. The van der Waals surface area contributed by atoms with E-state index in [-0.39, 0.29) is 23.2 Å². The minimum absolute atomic E-state index is 0.0954. The molecule has 0 fully saturated rings. The van der Waals surface area contributed by atoms with Gasteiger partial charge < -0.3 is 4.42 Å². The highest BCUT2D eigenvalue weighted by Gasteiger charge is 2.21. The lowest BCUT2D eigenvalue weighted by Crippen LogP contribution is -2.17. The molecule has 3 nitrogen and oxygen atoms in total. The third kappa shape index (κ3) is 3.65. The van der Waals surface area contributed by atoms with E-state index >= 15 is 0 Å². The fourth-order valence-corrected chi connectivity index (χ4v) is 2.27. The van der Waals surface area contributed by atoms with E-state index in [1.165, 1.54) is 12.3 Å². The molecule has 1 atom stereocenters. The quantitative estimate of drug-likeness (QED) is 0.553. The molecule has 5 heteroatoms. The summed E-state index contributed by atoms with van der Waals surface area (Å²) in [5.41, 5.74) is 3.44. The Hall–Kier alpha value is -3.04. The lowest BCUT2D eigenvalue weighted by Gasteiger charge is -2.13. The molecule has 1 heterocycles. The molecule has 0 saturated heterocycles. The molecule has 0 amide bonds. The third-order valence-electron chi connectivity index (χ3n) is 3.44. The second-order valence-electron chi connectivity index (χ2n) is 4.90. The smallest absolute Gasteiger partial charge is 0.198 e. The summed E-state index contributed by atoms with van der Waals surface area (Å²) in [4.78, 5) is 16.6. The van der Waals surface area contributed by atoms with Gasteiger partial charge in [0.2, 0.25) is 0 Å². The molecule has 0 bridgehead atoms. The highest BCUT2D eigenvalue weighted by atomic mass is 19.2. The number of halogens is 2. The first-order valence-corrected chi connectivity index (χ1v) is 7.11. The Kier molecular flexibility index (Phi) is 5.77. The average molecular weight is 327 g/mol. The van der Waals surface area contributed by atoms with Crippen LogP contribution >= 0.6 is 0 Å². The van der Waals surface area contributed by atoms with Crippen molar-refractivity contribution in [2.45, 2.75) is 12.5 Å². The maximum Gasteiger partial charge on any atom is 0.198 e. The Morgan fingerprint density at radius 3 is 2.92 bits per heavy atom. The van der Waals surface area contributed by atoms with Crippen LogP contribution < -0.4 is 5.43 Å². The first-order chi connectivity index (χ1) is 11.6. The summed E-state index contributed by atoms with van der Waals surface area (Å²) in [6.45, 7) is 6.98. The minimum atomic E-state index is -1.03. The van der Waals surface area contributed by atoms with E-state index in [2.05, 4.69) is 24.0 Å². The highest BCUT2D eigenvalue weighted by molar-refractivity contribution is 5.80. The molecule has 0 spiro atoms. The van der Waals surface area contributed by atoms with Gasteiger partial charge in [0, 0.05) is 6.42 Å². The van der Waals surface area contributed by atoms with Gasteiger partial charge in [-0.3, -0.25) is 9.79 Å². The molecular weight excluding hydrogens is 312 g/mol. The van der Waals surface area contributed by atoms with E-state index in [4.69, 9.17) is 4.42 Å². The fourth-order valence-electron chi connectivity index (χ4n) is 2.27. The first kappa shape index (κ1) is 17.3. The van der Waals surface area contributed by atoms with Crippen molar-refractivity contribution in [2.24, 2.45) is 4.99 Å². The summed E-state index contributed by atoms with van der Waals surface area (Å²) in [5, 5.41) is 0. The molecule has 0 radical (unpaired) electrons. The third-order valence-corrected chi connectivity index (χ3v) is 3.44. The molecule has 1 unspecified atom stereocenters. The van der Waals surface area contributed by atoms with E-state index in [9.17, 15) is 13.6 Å². The molecule has 0 N–H and O–H groups in total. The normalized spacial score (nSPS) is 14.9. The zero-order chi connectivity index (χ0) is 17.5.